The first kappa shape index (κ1) is 15.1. The average molecular weight is 300 g/mol. The third kappa shape index (κ3) is 3.49. The van der Waals surface area contributed by atoms with Gasteiger partial charge in [0.1, 0.15) is 0 Å². The number of carbonyl (C=O) groups is 2. The minimum absolute atomic E-state index is 0.0617. The summed E-state index contributed by atoms with van der Waals surface area (Å²) in [5.74, 6) is -0.0302. The minimum Gasteiger partial charge on any atom is -0.353 e. The smallest absolute Gasteiger partial charge is 0.225 e. The molecule has 22 heavy (non-hydrogen) atoms. The van der Waals surface area contributed by atoms with Crippen LogP contribution in [0.2, 0.25) is 0 Å². The predicted octanol–water partition coefficient (Wildman–Crippen LogP) is 2.40. The molecule has 1 heterocycles. The van der Waals surface area contributed by atoms with Gasteiger partial charge in [0.05, 0.1) is 5.92 Å². The summed E-state index contributed by atoms with van der Waals surface area (Å²) < 4.78 is 0. The van der Waals surface area contributed by atoms with Gasteiger partial charge in [-0.05, 0) is 25.3 Å². The van der Waals surface area contributed by atoms with Crippen molar-refractivity contribution in [2.45, 2.75) is 51.6 Å². The maximum absolute atomic E-state index is 12.3. The van der Waals surface area contributed by atoms with Crippen LogP contribution in [0.1, 0.15) is 43.2 Å². The fraction of sp³-hybridized carbons (Fsp3) is 0.556. The van der Waals surface area contributed by atoms with E-state index in [9.17, 15) is 9.59 Å². The quantitative estimate of drug-likeness (QED) is 0.928. The number of rotatable bonds is 4. The summed E-state index contributed by atoms with van der Waals surface area (Å²) in [6.45, 7) is 3.20. The topological polar surface area (TPSA) is 49.4 Å². The normalized spacial score (nSPS) is 22.3. The minimum atomic E-state index is -0.182. The zero-order chi connectivity index (χ0) is 15.5. The Morgan fingerprint density at radius 3 is 2.59 bits per heavy atom. The molecule has 2 amide bonds. The van der Waals surface area contributed by atoms with E-state index >= 15 is 0 Å². The number of likely N-dealkylation sites (tertiary alicyclic amines) is 1. The molecule has 0 aromatic heterocycles. The molecule has 0 spiro atoms. The summed E-state index contributed by atoms with van der Waals surface area (Å²) in [6.07, 6.45) is 4.92. The van der Waals surface area contributed by atoms with E-state index in [1.54, 1.807) is 0 Å². The van der Waals surface area contributed by atoms with Crippen LogP contribution >= 0.6 is 0 Å². The average Bonchev–Trinajstić information content (AvgIpc) is 3.12. The van der Waals surface area contributed by atoms with E-state index in [0.29, 0.717) is 25.6 Å². The lowest BCUT2D eigenvalue weighted by molar-refractivity contribution is -0.129. The lowest BCUT2D eigenvalue weighted by Gasteiger charge is -2.18. The largest absolute Gasteiger partial charge is 0.353 e. The molecule has 1 saturated carbocycles. The second-order valence-corrected chi connectivity index (χ2v) is 6.65. The molecule has 0 radical (unpaired) electrons. The van der Waals surface area contributed by atoms with E-state index in [-0.39, 0.29) is 17.7 Å². The highest BCUT2D eigenvalue weighted by Crippen LogP contribution is 2.23. The highest BCUT2D eigenvalue weighted by Gasteiger charge is 2.35. The fourth-order valence-corrected chi connectivity index (χ4v) is 3.40. The van der Waals surface area contributed by atoms with Crippen LogP contribution in [0.25, 0.3) is 0 Å². The number of hydrogen-bond donors (Lipinski definition) is 1. The molecule has 1 aromatic rings. The van der Waals surface area contributed by atoms with Crippen LogP contribution in [0, 0.1) is 12.8 Å². The number of carbonyl (C=O) groups excluding carboxylic acids is 2. The lowest BCUT2D eigenvalue weighted by Crippen LogP contribution is -2.38. The Kier molecular flexibility index (Phi) is 4.46. The number of amides is 2. The van der Waals surface area contributed by atoms with Gasteiger partial charge in [-0.25, -0.2) is 0 Å². The van der Waals surface area contributed by atoms with E-state index in [1.165, 1.54) is 18.4 Å². The van der Waals surface area contributed by atoms with Crippen molar-refractivity contribution in [2.75, 3.05) is 6.54 Å². The van der Waals surface area contributed by atoms with Crippen LogP contribution in [-0.2, 0) is 16.1 Å². The number of benzene rings is 1. The Labute approximate surface area is 131 Å². The van der Waals surface area contributed by atoms with Gasteiger partial charge in [0.25, 0.3) is 0 Å². The zero-order valence-corrected chi connectivity index (χ0v) is 13.2. The van der Waals surface area contributed by atoms with Crippen molar-refractivity contribution < 1.29 is 9.59 Å². The molecular formula is C18H24N2O2. The first-order valence-electron chi connectivity index (χ1n) is 8.25. The Hall–Kier alpha value is -1.84. The first-order chi connectivity index (χ1) is 10.6. The molecule has 0 bridgehead atoms. The van der Waals surface area contributed by atoms with Gasteiger partial charge in [0.2, 0.25) is 11.8 Å². The van der Waals surface area contributed by atoms with Crippen LogP contribution in [0.15, 0.2) is 24.3 Å². The Bertz CT molecular complexity index is 547. The van der Waals surface area contributed by atoms with Gasteiger partial charge in [0.15, 0.2) is 0 Å². The van der Waals surface area contributed by atoms with Crippen LogP contribution in [0.5, 0.6) is 0 Å². The van der Waals surface area contributed by atoms with E-state index < -0.39 is 0 Å². The molecule has 1 atom stereocenters. The summed E-state index contributed by atoms with van der Waals surface area (Å²) in [5, 5.41) is 3.12. The summed E-state index contributed by atoms with van der Waals surface area (Å²) in [4.78, 5) is 26.3. The van der Waals surface area contributed by atoms with Crippen LogP contribution < -0.4 is 5.32 Å². The van der Waals surface area contributed by atoms with Crippen molar-refractivity contribution in [1.29, 1.82) is 0 Å². The van der Waals surface area contributed by atoms with Crippen LogP contribution in [-0.4, -0.2) is 29.3 Å². The van der Waals surface area contributed by atoms with Gasteiger partial charge in [0, 0.05) is 25.6 Å². The SMILES string of the molecule is Cc1ccc(CN2C[C@@H](C(=O)NC3CCCC3)CC2=O)cc1. The molecule has 4 heteroatoms. The van der Waals surface area contributed by atoms with Crippen LogP contribution in [0.3, 0.4) is 0 Å². The molecule has 1 aromatic carbocycles. The van der Waals surface area contributed by atoms with Gasteiger partial charge in [-0.3, -0.25) is 9.59 Å². The summed E-state index contributed by atoms with van der Waals surface area (Å²) in [6, 6.07) is 8.54. The predicted molar refractivity (Wildman–Crippen MR) is 85.1 cm³/mol. The Morgan fingerprint density at radius 1 is 1.23 bits per heavy atom. The van der Waals surface area contributed by atoms with Crippen molar-refractivity contribution >= 4 is 11.8 Å². The summed E-state index contributed by atoms with van der Waals surface area (Å²) in [5.41, 5.74) is 2.33. The molecule has 1 aliphatic carbocycles. The summed E-state index contributed by atoms with van der Waals surface area (Å²) in [7, 11) is 0. The van der Waals surface area contributed by atoms with E-state index in [2.05, 4.69) is 29.6 Å². The van der Waals surface area contributed by atoms with Crippen LogP contribution in [0.4, 0.5) is 0 Å². The Balaban J connectivity index is 1.55. The molecule has 1 aliphatic heterocycles. The van der Waals surface area contributed by atoms with Gasteiger partial charge < -0.3 is 10.2 Å². The third-order valence-electron chi connectivity index (χ3n) is 4.78. The van der Waals surface area contributed by atoms with Gasteiger partial charge in [-0.2, -0.15) is 0 Å². The number of aryl methyl sites for hydroxylation is 1. The fourth-order valence-electron chi connectivity index (χ4n) is 3.40. The first-order valence-corrected chi connectivity index (χ1v) is 8.25. The van der Waals surface area contributed by atoms with Crippen molar-refractivity contribution in [3.8, 4) is 0 Å². The van der Waals surface area contributed by atoms with Gasteiger partial charge >= 0.3 is 0 Å². The maximum atomic E-state index is 12.3. The molecule has 4 nitrogen and oxygen atoms in total. The zero-order valence-electron chi connectivity index (χ0n) is 13.2. The van der Waals surface area contributed by atoms with Crippen molar-refractivity contribution in [1.82, 2.24) is 10.2 Å². The molecule has 3 rings (SSSR count). The molecular weight excluding hydrogens is 276 g/mol. The lowest BCUT2D eigenvalue weighted by atomic mass is 10.1. The second kappa shape index (κ2) is 6.51. The monoisotopic (exact) mass is 300 g/mol. The van der Waals surface area contributed by atoms with Gasteiger partial charge in [-0.15, -0.1) is 0 Å². The molecule has 2 fully saturated rings. The molecule has 1 N–H and O–H groups in total. The van der Waals surface area contributed by atoms with Crippen molar-refractivity contribution in [3.63, 3.8) is 0 Å². The van der Waals surface area contributed by atoms with E-state index in [1.807, 2.05) is 11.8 Å². The Morgan fingerprint density at radius 2 is 1.91 bits per heavy atom. The highest BCUT2D eigenvalue weighted by atomic mass is 16.2. The molecule has 118 valence electrons. The molecule has 1 saturated heterocycles. The molecule has 2 aliphatic rings. The number of nitrogens with zero attached hydrogens (tertiary/aromatic N) is 1. The van der Waals surface area contributed by atoms with Gasteiger partial charge in [-0.1, -0.05) is 42.7 Å². The molecule has 0 unspecified atom stereocenters. The maximum Gasteiger partial charge on any atom is 0.225 e. The van der Waals surface area contributed by atoms with E-state index in [4.69, 9.17) is 0 Å². The summed E-state index contributed by atoms with van der Waals surface area (Å²) >= 11 is 0. The number of nitrogens with one attached hydrogen (secondary N) is 1. The standard InChI is InChI=1S/C18H24N2O2/c1-13-6-8-14(9-7-13)11-20-12-15(10-17(20)21)18(22)19-16-4-2-3-5-16/h6-9,15-16H,2-5,10-12H2,1H3,(H,19,22)/t15-/m0/s1. The number of hydrogen-bond acceptors (Lipinski definition) is 2. The second-order valence-electron chi connectivity index (χ2n) is 6.65. The third-order valence-corrected chi connectivity index (χ3v) is 4.78. The van der Waals surface area contributed by atoms with Crippen molar-refractivity contribution in [3.05, 3.63) is 35.4 Å². The van der Waals surface area contributed by atoms with E-state index in [0.717, 1.165) is 18.4 Å². The highest BCUT2D eigenvalue weighted by molar-refractivity contribution is 5.89. The van der Waals surface area contributed by atoms with Crippen molar-refractivity contribution in [2.24, 2.45) is 5.92 Å².